The van der Waals surface area contributed by atoms with Crippen LogP contribution in [-0.2, 0) is 4.79 Å². The summed E-state index contributed by atoms with van der Waals surface area (Å²) in [4.78, 5) is 23.9. The molecule has 1 aliphatic rings. The van der Waals surface area contributed by atoms with Crippen LogP contribution in [0, 0.1) is 5.92 Å². The van der Waals surface area contributed by atoms with Crippen molar-refractivity contribution >= 4 is 23.4 Å². The third kappa shape index (κ3) is 3.42. The molecule has 1 aliphatic carbocycles. The van der Waals surface area contributed by atoms with Gasteiger partial charge in [-0.3, -0.25) is 20.4 Å². The highest BCUT2D eigenvalue weighted by Crippen LogP contribution is 2.25. The predicted octanol–water partition coefficient (Wildman–Crippen LogP) is 2.30. The van der Waals surface area contributed by atoms with Gasteiger partial charge in [0.05, 0.1) is 12.7 Å². The number of hydrazine groups is 1. The van der Waals surface area contributed by atoms with E-state index < -0.39 is 5.91 Å². The molecule has 0 radical (unpaired) electrons. The first-order chi connectivity index (χ1) is 9.61. The summed E-state index contributed by atoms with van der Waals surface area (Å²) in [7, 11) is 1.47. The number of nitrogens with one attached hydrogen (secondary N) is 2. The number of benzene rings is 1. The van der Waals surface area contributed by atoms with Gasteiger partial charge in [0.15, 0.2) is 0 Å². The van der Waals surface area contributed by atoms with E-state index in [-0.39, 0.29) is 17.4 Å². The molecule has 0 heterocycles. The van der Waals surface area contributed by atoms with E-state index in [4.69, 9.17) is 16.3 Å². The van der Waals surface area contributed by atoms with E-state index in [1.54, 1.807) is 12.1 Å². The van der Waals surface area contributed by atoms with Gasteiger partial charge >= 0.3 is 0 Å². The molecule has 0 saturated heterocycles. The van der Waals surface area contributed by atoms with Gasteiger partial charge in [0, 0.05) is 10.9 Å². The SMILES string of the molecule is COc1ccc(Cl)cc1C(=O)NNC(=O)C1CCCC1. The third-order valence-electron chi connectivity index (χ3n) is 3.43. The Hall–Kier alpha value is -1.75. The molecule has 1 saturated carbocycles. The Labute approximate surface area is 122 Å². The van der Waals surface area contributed by atoms with Crippen molar-refractivity contribution in [1.29, 1.82) is 0 Å². The van der Waals surface area contributed by atoms with Crippen molar-refractivity contribution in [3.63, 3.8) is 0 Å². The molecule has 2 rings (SSSR count). The van der Waals surface area contributed by atoms with Gasteiger partial charge in [-0.15, -0.1) is 0 Å². The van der Waals surface area contributed by atoms with E-state index in [0.717, 1.165) is 25.7 Å². The molecule has 2 amide bonds. The number of hydrogen-bond donors (Lipinski definition) is 2. The summed E-state index contributed by atoms with van der Waals surface area (Å²) < 4.78 is 5.10. The van der Waals surface area contributed by atoms with Crippen molar-refractivity contribution in [2.24, 2.45) is 5.92 Å². The van der Waals surface area contributed by atoms with E-state index >= 15 is 0 Å². The van der Waals surface area contributed by atoms with Crippen LogP contribution >= 0.6 is 11.6 Å². The van der Waals surface area contributed by atoms with Gasteiger partial charge in [0.25, 0.3) is 5.91 Å². The summed E-state index contributed by atoms with van der Waals surface area (Å²) in [5.41, 5.74) is 5.14. The third-order valence-corrected chi connectivity index (χ3v) is 3.67. The maximum absolute atomic E-state index is 12.0. The maximum atomic E-state index is 12.0. The van der Waals surface area contributed by atoms with Crippen LogP contribution in [-0.4, -0.2) is 18.9 Å². The molecule has 108 valence electrons. The molecule has 0 bridgehead atoms. The monoisotopic (exact) mass is 296 g/mol. The number of amides is 2. The number of halogens is 1. The average molecular weight is 297 g/mol. The van der Waals surface area contributed by atoms with Gasteiger partial charge in [-0.05, 0) is 31.0 Å². The molecule has 1 aromatic carbocycles. The van der Waals surface area contributed by atoms with E-state index in [1.165, 1.54) is 13.2 Å². The molecule has 6 heteroatoms. The summed E-state index contributed by atoms with van der Waals surface area (Å²) >= 11 is 5.86. The fraction of sp³-hybridized carbons (Fsp3) is 0.429. The quantitative estimate of drug-likeness (QED) is 0.841. The lowest BCUT2D eigenvalue weighted by atomic mass is 10.1. The van der Waals surface area contributed by atoms with Crippen LogP contribution in [0.25, 0.3) is 0 Å². The largest absolute Gasteiger partial charge is 0.496 e. The molecular formula is C14H17ClN2O3. The summed E-state index contributed by atoms with van der Waals surface area (Å²) in [5, 5.41) is 0.429. The Kier molecular flexibility index (Phi) is 4.84. The van der Waals surface area contributed by atoms with Crippen LogP contribution in [0.5, 0.6) is 5.75 Å². The zero-order valence-corrected chi connectivity index (χ0v) is 12.0. The number of rotatable bonds is 3. The minimum Gasteiger partial charge on any atom is -0.496 e. The molecule has 1 fully saturated rings. The average Bonchev–Trinajstić information content (AvgIpc) is 2.98. The van der Waals surface area contributed by atoms with E-state index in [9.17, 15) is 9.59 Å². The highest BCUT2D eigenvalue weighted by Gasteiger charge is 2.23. The Bertz CT molecular complexity index is 513. The molecule has 1 aromatic rings. The fourth-order valence-corrected chi connectivity index (χ4v) is 2.51. The van der Waals surface area contributed by atoms with Crippen molar-refractivity contribution in [1.82, 2.24) is 10.9 Å². The highest BCUT2D eigenvalue weighted by atomic mass is 35.5. The summed E-state index contributed by atoms with van der Waals surface area (Å²) in [6.07, 6.45) is 3.88. The lowest BCUT2D eigenvalue weighted by Gasteiger charge is -2.13. The minimum absolute atomic E-state index is 0.00319. The van der Waals surface area contributed by atoms with Crippen molar-refractivity contribution in [3.05, 3.63) is 28.8 Å². The molecular weight excluding hydrogens is 280 g/mol. The first kappa shape index (κ1) is 14.7. The molecule has 5 nitrogen and oxygen atoms in total. The normalized spacial score (nSPS) is 14.9. The number of hydrogen-bond acceptors (Lipinski definition) is 3. The zero-order chi connectivity index (χ0) is 14.5. The van der Waals surface area contributed by atoms with Crippen molar-refractivity contribution < 1.29 is 14.3 Å². The maximum Gasteiger partial charge on any atom is 0.273 e. The summed E-state index contributed by atoms with van der Waals surface area (Å²) in [6.45, 7) is 0. The van der Waals surface area contributed by atoms with Gasteiger partial charge in [-0.25, -0.2) is 0 Å². The predicted molar refractivity (Wildman–Crippen MR) is 75.6 cm³/mol. The van der Waals surface area contributed by atoms with E-state index in [0.29, 0.717) is 10.8 Å². The van der Waals surface area contributed by atoms with Crippen LogP contribution in [0.3, 0.4) is 0 Å². The Balaban J connectivity index is 1.97. The first-order valence-corrected chi connectivity index (χ1v) is 6.93. The lowest BCUT2D eigenvalue weighted by Crippen LogP contribution is -2.44. The van der Waals surface area contributed by atoms with Gasteiger partial charge < -0.3 is 4.74 Å². The number of ether oxygens (including phenoxy) is 1. The molecule has 0 spiro atoms. The second-order valence-corrected chi connectivity index (χ2v) is 5.21. The van der Waals surface area contributed by atoms with Crippen LogP contribution in [0.2, 0.25) is 5.02 Å². The van der Waals surface area contributed by atoms with Crippen molar-refractivity contribution in [2.75, 3.05) is 7.11 Å². The van der Waals surface area contributed by atoms with Gasteiger partial charge in [-0.2, -0.15) is 0 Å². The fourth-order valence-electron chi connectivity index (χ4n) is 2.33. The highest BCUT2D eigenvalue weighted by molar-refractivity contribution is 6.31. The molecule has 0 aliphatic heterocycles. The standard InChI is InChI=1S/C14H17ClN2O3/c1-20-12-7-6-10(15)8-11(12)14(19)17-16-13(18)9-4-2-3-5-9/h6-9H,2-5H2,1H3,(H,16,18)(H,17,19). The second-order valence-electron chi connectivity index (χ2n) is 4.77. The van der Waals surface area contributed by atoms with Crippen LogP contribution < -0.4 is 15.6 Å². The molecule has 2 N–H and O–H groups in total. The smallest absolute Gasteiger partial charge is 0.273 e. The van der Waals surface area contributed by atoms with E-state index in [1.807, 2.05) is 0 Å². The van der Waals surface area contributed by atoms with E-state index in [2.05, 4.69) is 10.9 Å². The lowest BCUT2D eigenvalue weighted by molar-refractivity contribution is -0.125. The van der Waals surface area contributed by atoms with Gasteiger partial charge in [0.1, 0.15) is 5.75 Å². The first-order valence-electron chi connectivity index (χ1n) is 6.55. The second kappa shape index (κ2) is 6.61. The van der Waals surface area contributed by atoms with Crippen LogP contribution in [0.15, 0.2) is 18.2 Å². The van der Waals surface area contributed by atoms with Crippen molar-refractivity contribution in [3.8, 4) is 5.75 Å². The Morgan fingerprint density at radius 3 is 2.60 bits per heavy atom. The minimum atomic E-state index is -0.448. The van der Waals surface area contributed by atoms with Crippen LogP contribution in [0.4, 0.5) is 0 Å². The summed E-state index contributed by atoms with van der Waals surface area (Å²) in [6, 6.07) is 4.74. The van der Waals surface area contributed by atoms with Gasteiger partial charge in [-0.1, -0.05) is 24.4 Å². The number of carbonyl (C=O) groups excluding carboxylic acids is 2. The molecule has 0 aromatic heterocycles. The van der Waals surface area contributed by atoms with Crippen molar-refractivity contribution in [2.45, 2.75) is 25.7 Å². The number of methoxy groups -OCH3 is 1. The number of carbonyl (C=O) groups is 2. The molecule has 20 heavy (non-hydrogen) atoms. The topological polar surface area (TPSA) is 67.4 Å². The molecule has 0 atom stereocenters. The summed E-state index contributed by atoms with van der Waals surface area (Å²) in [5.74, 6) is -0.189. The Morgan fingerprint density at radius 1 is 1.25 bits per heavy atom. The molecule has 0 unspecified atom stereocenters. The van der Waals surface area contributed by atoms with Gasteiger partial charge in [0.2, 0.25) is 5.91 Å². The Morgan fingerprint density at radius 2 is 1.95 bits per heavy atom. The van der Waals surface area contributed by atoms with Crippen LogP contribution in [0.1, 0.15) is 36.0 Å². The zero-order valence-electron chi connectivity index (χ0n) is 11.2.